The number of nitrogens with zero attached hydrogens (tertiary/aromatic N) is 4. The standard InChI is InChI=1S/C23H27N5O/c1-16-13-28-14-19(11-21(28)12-25-16)18-4-5-22(20(10-18)15-29)26-23(24-2)17-6-8-27(3)9-7-17/h4-5,10-15,17H,6-9H2,1-3H3,(H,24,26). The number of hydrogen-bond acceptors (Lipinski definition) is 4. The van der Waals surface area contributed by atoms with E-state index in [1.807, 2.05) is 44.6 Å². The van der Waals surface area contributed by atoms with Gasteiger partial charge in [-0.15, -0.1) is 0 Å². The van der Waals surface area contributed by atoms with Crippen molar-refractivity contribution in [2.75, 3.05) is 27.2 Å². The van der Waals surface area contributed by atoms with Crippen molar-refractivity contribution in [3.63, 3.8) is 0 Å². The van der Waals surface area contributed by atoms with E-state index in [9.17, 15) is 4.79 Å². The average Bonchev–Trinajstić information content (AvgIpc) is 3.16. The number of nitrogens with one attached hydrogen (secondary N) is 1. The Bertz CT molecular complexity index is 1060. The Morgan fingerprint density at radius 2 is 2.00 bits per heavy atom. The molecule has 4 rings (SSSR count). The Morgan fingerprint density at radius 3 is 2.72 bits per heavy atom. The molecule has 0 amide bonds. The van der Waals surface area contributed by atoms with E-state index in [4.69, 9.17) is 4.99 Å². The highest BCUT2D eigenvalue weighted by atomic mass is 16.1. The van der Waals surface area contributed by atoms with E-state index >= 15 is 0 Å². The molecule has 6 heteroatoms. The number of carbonyl (C=O) groups is 1. The fourth-order valence-electron chi connectivity index (χ4n) is 3.97. The third kappa shape index (κ3) is 4.07. The van der Waals surface area contributed by atoms with Crippen LogP contribution in [-0.4, -0.2) is 53.6 Å². The molecule has 3 heterocycles. The minimum Gasteiger partial charge on any atom is -0.376 e. The first-order valence-electron chi connectivity index (χ1n) is 10.1. The van der Waals surface area contributed by atoms with Crippen LogP contribution >= 0.6 is 0 Å². The quantitative estimate of drug-likeness (QED) is 0.420. The lowest BCUT2D eigenvalue weighted by molar-refractivity contribution is 0.112. The van der Waals surface area contributed by atoms with Gasteiger partial charge in [0.25, 0.3) is 0 Å². The van der Waals surface area contributed by atoms with Crippen LogP contribution < -0.4 is 5.32 Å². The van der Waals surface area contributed by atoms with Crippen molar-refractivity contribution in [1.29, 1.82) is 0 Å². The number of aryl methyl sites for hydroxylation is 1. The highest BCUT2D eigenvalue weighted by Gasteiger charge is 2.21. The molecule has 1 aliphatic heterocycles. The average molecular weight is 390 g/mol. The second-order valence-electron chi connectivity index (χ2n) is 7.81. The van der Waals surface area contributed by atoms with Gasteiger partial charge in [0, 0.05) is 36.5 Å². The molecule has 0 saturated carbocycles. The summed E-state index contributed by atoms with van der Waals surface area (Å²) in [5.74, 6) is 1.37. The van der Waals surface area contributed by atoms with Gasteiger partial charge in [-0.25, -0.2) is 4.99 Å². The number of fused-ring (bicyclic) bond motifs is 1. The van der Waals surface area contributed by atoms with Gasteiger partial charge in [0.2, 0.25) is 0 Å². The summed E-state index contributed by atoms with van der Waals surface area (Å²) in [6.07, 6.45) is 8.98. The smallest absolute Gasteiger partial charge is 0.152 e. The monoisotopic (exact) mass is 389 g/mol. The van der Waals surface area contributed by atoms with Crippen LogP contribution in [0.3, 0.4) is 0 Å². The zero-order valence-electron chi connectivity index (χ0n) is 17.2. The summed E-state index contributed by atoms with van der Waals surface area (Å²) in [5, 5.41) is 3.26. The van der Waals surface area contributed by atoms with Crippen LogP contribution in [0.25, 0.3) is 16.6 Å². The SMILES string of the molecule is CN/C(=N\c1ccc(-c2cc3cnc(C)cn3c2)cc1C=O)C1CCN(C)CC1. The van der Waals surface area contributed by atoms with Crippen LogP contribution in [0, 0.1) is 12.8 Å². The number of piperidine rings is 1. The van der Waals surface area contributed by atoms with Gasteiger partial charge >= 0.3 is 0 Å². The number of likely N-dealkylation sites (tertiary alicyclic amines) is 1. The maximum absolute atomic E-state index is 11.8. The first-order chi connectivity index (χ1) is 14.1. The van der Waals surface area contributed by atoms with Gasteiger partial charge in [-0.05, 0) is 63.7 Å². The summed E-state index contributed by atoms with van der Waals surface area (Å²) in [7, 11) is 4.06. The second-order valence-corrected chi connectivity index (χ2v) is 7.81. The van der Waals surface area contributed by atoms with Crippen LogP contribution in [0.2, 0.25) is 0 Å². The van der Waals surface area contributed by atoms with E-state index < -0.39 is 0 Å². The summed E-state index contributed by atoms with van der Waals surface area (Å²) < 4.78 is 2.06. The summed E-state index contributed by atoms with van der Waals surface area (Å²) in [6, 6.07) is 7.97. The molecule has 0 radical (unpaired) electrons. The molecule has 0 spiro atoms. The maximum atomic E-state index is 11.8. The minimum absolute atomic E-state index is 0.405. The maximum Gasteiger partial charge on any atom is 0.152 e. The Kier molecular flexibility index (Phi) is 5.45. The van der Waals surface area contributed by atoms with Crippen molar-refractivity contribution in [2.45, 2.75) is 19.8 Å². The van der Waals surface area contributed by atoms with Crippen molar-refractivity contribution in [3.8, 4) is 11.1 Å². The molecule has 0 bridgehead atoms. The lowest BCUT2D eigenvalue weighted by Crippen LogP contribution is -2.37. The molecule has 150 valence electrons. The molecule has 1 aromatic carbocycles. The Labute approximate surface area is 171 Å². The fourth-order valence-corrected chi connectivity index (χ4v) is 3.97. The molecule has 1 aliphatic rings. The molecule has 2 aromatic heterocycles. The van der Waals surface area contributed by atoms with Crippen molar-refractivity contribution in [2.24, 2.45) is 10.9 Å². The summed E-state index contributed by atoms with van der Waals surface area (Å²) in [6.45, 7) is 4.11. The number of aldehydes is 1. The van der Waals surface area contributed by atoms with Gasteiger partial charge in [0.05, 0.1) is 23.1 Å². The topological polar surface area (TPSA) is 62.0 Å². The number of amidine groups is 1. The molecule has 1 fully saturated rings. The predicted octanol–water partition coefficient (Wildman–Crippen LogP) is 3.71. The number of hydrogen-bond donors (Lipinski definition) is 1. The normalized spacial score (nSPS) is 16.3. The van der Waals surface area contributed by atoms with Crippen LogP contribution in [0.1, 0.15) is 28.9 Å². The van der Waals surface area contributed by atoms with E-state index in [1.165, 1.54) is 0 Å². The highest BCUT2D eigenvalue weighted by molar-refractivity contribution is 5.92. The third-order valence-corrected chi connectivity index (χ3v) is 5.70. The molecule has 3 aromatic rings. The van der Waals surface area contributed by atoms with Crippen molar-refractivity contribution >= 4 is 23.3 Å². The number of rotatable bonds is 4. The zero-order chi connectivity index (χ0) is 20.4. The molecule has 0 aliphatic carbocycles. The van der Waals surface area contributed by atoms with Crippen LogP contribution in [-0.2, 0) is 0 Å². The largest absolute Gasteiger partial charge is 0.376 e. The Hall–Kier alpha value is -2.99. The van der Waals surface area contributed by atoms with E-state index in [1.54, 1.807) is 0 Å². The van der Waals surface area contributed by atoms with Crippen LogP contribution in [0.5, 0.6) is 0 Å². The predicted molar refractivity (Wildman–Crippen MR) is 117 cm³/mol. The molecule has 6 nitrogen and oxygen atoms in total. The minimum atomic E-state index is 0.405. The van der Waals surface area contributed by atoms with Gasteiger partial charge in [-0.2, -0.15) is 0 Å². The van der Waals surface area contributed by atoms with Gasteiger partial charge in [-0.1, -0.05) is 6.07 Å². The molecule has 1 saturated heterocycles. The van der Waals surface area contributed by atoms with Crippen LogP contribution in [0.15, 0.2) is 47.8 Å². The fraction of sp³-hybridized carbons (Fsp3) is 0.348. The number of benzene rings is 1. The van der Waals surface area contributed by atoms with Gasteiger partial charge in [0.1, 0.15) is 5.84 Å². The molecule has 0 atom stereocenters. The number of carbonyl (C=O) groups excluding carboxylic acids is 1. The molecule has 29 heavy (non-hydrogen) atoms. The first kappa shape index (κ1) is 19.3. The molecular weight excluding hydrogens is 362 g/mol. The highest BCUT2D eigenvalue weighted by Crippen LogP contribution is 2.29. The zero-order valence-corrected chi connectivity index (χ0v) is 17.2. The Balaban J connectivity index is 1.66. The lowest BCUT2D eigenvalue weighted by atomic mass is 9.95. The van der Waals surface area contributed by atoms with Crippen LogP contribution in [0.4, 0.5) is 5.69 Å². The van der Waals surface area contributed by atoms with Crippen molar-refractivity contribution in [3.05, 3.63) is 54.1 Å². The van der Waals surface area contributed by atoms with E-state index in [0.717, 1.165) is 60.4 Å². The van der Waals surface area contributed by atoms with Gasteiger partial charge in [-0.3, -0.25) is 9.78 Å². The molecular formula is C23H27N5O. The van der Waals surface area contributed by atoms with E-state index in [-0.39, 0.29) is 0 Å². The summed E-state index contributed by atoms with van der Waals surface area (Å²) in [4.78, 5) is 23.3. The third-order valence-electron chi connectivity index (χ3n) is 5.70. The van der Waals surface area contributed by atoms with E-state index in [0.29, 0.717) is 17.2 Å². The first-order valence-corrected chi connectivity index (χ1v) is 10.1. The van der Waals surface area contributed by atoms with Gasteiger partial charge in [0.15, 0.2) is 6.29 Å². The summed E-state index contributed by atoms with van der Waals surface area (Å²) >= 11 is 0. The lowest BCUT2D eigenvalue weighted by Gasteiger charge is -2.29. The number of aromatic nitrogens is 2. The van der Waals surface area contributed by atoms with Crippen molar-refractivity contribution in [1.82, 2.24) is 19.6 Å². The second kappa shape index (κ2) is 8.17. The summed E-state index contributed by atoms with van der Waals surface area (Å²) in [5.41, 5.74) is 5.37. The number of aliphatic imine (C=N–C) groups is 1. The van der Waals surface area contributed by atoms with Gasteiger partial charge < -0.3 is 14.6 Å². The van der Waals surface area contributed by atoms with Crippen molar-refractivity contribution < 1.29 is 4.79 Å². The molecule has 0 unspecified atom stereocenters. The molecule has 1 N–H and O–H groups in total. The Morgan fingerprint density at radius 1 is 1.21 bits per heavy atom. The van der Waals surface area contributed by atoms with E-state index in [2.05, 4.69) is 38.9 Å².